The van der Waals surface area contributed by atoms with Crippen LogP contribution in [0, 0.1) is 13.8 Å². The van der Waals surface area contributed by atoms with E-state index in [1.165, 1.54) is 0 Å². The van der Waals surface area contributed by atoms with E-state index in [2.05, 4.69) is 10.4 Å². The molecule has 0 aliphatic carbocycles. The molecular weight excluding hydrogens is 290 g/mol. The lowest BCUT2D eigenvalue weighted by molar-refractivity contribution is 0.126. The van der Waals surface area contributed by atoms with Crippen LogP contribution >= 0.6 is 0 Å². The monoisotopic (exact) mass is 310 g/mol. The molecule has 1 heterocycles. The standard InChI is InChI=1S/C11H20F2N4O2S/c1-8-11(9(2)17(15-8)6-5-14-3)20(18,19)16(4)7-10(12)13/h10,14H,5-7H2,1-4H3. The molecule has 0 aliphatic rings. The maximum atomic E-state index is 12.4. The van der Waals surface area contributed by atoms with Gasteiger partial charge in [-0.3, -0.25) is 4.68 Å². The van der Waals surface area contributed by atoms with E-state index in [4.69, 9.17) is 0 Å². The molecule has 0 atom stereocenters. The SMILES string of the molecule is CNCCn1nc(C)c(S(=O)(=O)N(C)CC(F)F)c1C. The van der Waals surface area contributed by atoms with E-state index in [1.54, 1.807) is 25.6 Å². The van der Waals surface area contributed by atoms with Gasteiger partial charge in [-0.15, -0.1) is 0 Å². The molecule has 0 spiro atoms. The Morgan fingerprint density at radius 2 is 2.00 bits per heavy atom. The van der Waals surface area contributed by atoms with E-state index in [0.717, 1.165) is 7.05 Å². The molecular formula is C11H20F2N4O2S. The second-order valence-corrected chi connectivity index (χ2v) is 6.48. The van der Waals surface area contributed by atoms with Gasteiger partial charge in [-0.05, 0) is 20.9 Å². The Morgan fingerprint density at radius 1 is 1.40 bits per heavy atom. The van der Waals surface area contributed by atoms with E-state index in [0.29, 0.717) is 28.8 Å². The molecule has 0 amide bonds. The summed E-state index contributed by atoms with van der Waals surface area (Å²) < 4.78 is 51.6. The van der Waals surface area contributed by atoms with Crippen molar-refractivity contribution < 1.29 is 17.2 Å². The van der Waals surface area contributed by atoms with Gasteiger partial charge >= 0.3 is 0 Å². The van der Waals surface area contributed by atoms with Crippen LogP contribution in [0.2, 0.25) is 0 Å². The van der Waals surface area contributed by atoms with Crippen LogP contribution in [0.1, 0.15) is 11.4 Å². The largest absolute Gasteiger partial charge is 0.318 e. The van der Waals surface area contributed by atoms with Crippen molar-refractivity contribution >= 4 is 10.0 Å². The number of sulfonamides is 1. The third kappa shape index (κ3) is 3.53. The summed E-state index contributed by atoms with van der Waals surface area (Å²) in [4.78, 5) is 0.0109. The average molecular weight is 310 g/mol. The average Bonchev–Trinajstić information content (AvgIpc) is 2.61. The van der Waals surface area contributed by atoms with E-state index >= 15 is 0 Å². The van der Waals surface area contributed by atoms with Crippen molar-refractivity contribution in [2.75, 3.05) is 27.2 Å². The smallest absolute Gasteiger partial charge is 0.252 e. The summed E-state index contributed by atoms with van der Waals surface area (Å²) >= 11 is 0. The highest BCUT2D eigenvalue weighted by molar-refractivity contribution is 7.89. The van der Waals surface area contributed by atoms with Crippen LogP contribution in [0.15, 0.2) is 4.90 Å². The van der Waals surface area contributed by atoms with Gasteiger partial charge in [-0.25, -0.2) is 17.2 Å². The topological polar surface area (TPSA) is 67.2 Å². The minimum Gasteiger partial charge on any atom is -0.318 e. The molecule has 116 valence electrons. The van der Waals surface area contributed by atoms with Gasteiger partial charge < -0.3 is 5.32 Å². The van der Waals surface area contributed by atoms with Gasteiger partial charge in [0.2, 0.25) is 10.0 Å². The third-order valence-electron chi connectivity index (χ3n) is 2.95. The van der Waals surface area contributed by atoms with E-state index in [-0.39, 0.29) is 4.90 Å². The van der Waals surface area contributed by atoms with Gasteiger partial charge in [0.15, 0.2) is 0 Å². The van der Waals surface area contributed by atoms with Crippen molar-refractivity contribution in [3.05, 3.63) is 11.4 Å². The van der Waals surface area contributed by atoms with Gasteiger partial charge in [0.25, 0.3) is 6.43 Å². The molecule has 20 heavy (non-hydrogen) atoms. The number of rotatable bonds is 7. The summed E-state index contributed by atoms with van der Waals surface area (Å²) in [6, 6.07) is 0. The maximum absolute atomic E-state index is 12.4. The van der Waals surface area contributed by atoms with Gasteiger partial charge in [0.05, 0.1) is 24.5 Å². The molecule has 6 nitrogen and oxygen atoms in total. The van der Waals surface area contributed by atoms with Crippen molar-refractivity contribution in [2.24, 2.45) is 0 Å². The number of halogens is 2. The molecule has 0 radical (unpaired) electrons. The first-order valence-corrected chi connectivity index (χ1v) is 7.59. The lowest BCUT2D eigenvalue weighted by atomic mass is 10.4. The Hall–Kier alpha value is -1.06. The summed E-state index contributed by atoms with van der Waals surface area (Å²) in [5.41, 5.74) is 0.776. The summed E-state index contributed by atoms with van der Waals surface area (Å²) in [5.74, 6) is 0. The minimum absolute atomic E-state index is 0.0109. The molecule has 1 aromatic rings. The summed E-state index contributed by atoms with van der Waals surface area (Å²) in [6.07, 6.45) is -2.71. The predicted octanol–water partition coefficient (Wildman–Crippen LogP) is 0.605. The highest BCUT2D eigenvalue weighted by atomic mass is 32.2. The predicted molar refractivity (Wildman–Crippen MR) is 71.4 cm³/mol. The molecule has 0 aromatic carbocycles. The molecule has 1 aromatic heterocycles. The van der Waals surface area contributed by atoms with Gasteiger partial charge in [-0.1, -0.05) is 0 Å². The third-order valence-corrected chi connectivity index (χ3v) is 5.03. The number of aryl methyl sites for hydroxylation is 1. The number of aromatic nitrogens is 2. The number of hydrogen-bond acceptors (Lipinski definition) is 4. The fraction of sp³-hybridized carbons (Fsp3) is 0.727. The number of likely N-dealkylation sites (N-methyl/N-ethyl adjacent to an activating group) is 1. The number of nitrogens with one attached hydrogen (secondary N) is 1. The van der Waals surface area contributed by atoms with Crippen molar-refractivity contribution in [2.45, 2.75) is 31.7 Å². The van der Waals surface area contributed by atoms with E-state index < -0.39 is 23.0 Å². The summed E-state index contributed by atoms with van der Waals surface area (Å²) in [5, 5.41) is 7.10. The Morgan fingerprint density at radius 3 is 2.50 bits per heavy atom. The Labute approximate surface area is 117 Å². The minimum atomic E-state index is -3.95. The van der Waals surface area contributed by atoms with E-state index in [9.17, 15) is 17.2 Å². The first-order valence-electron chi connectivity index (χ1n) is 6.15. The second kappa shape index (κ2) is 6.59. The van der Waals surface area contributed by atoms with Crippen LogP contribution in [-0.2, 0) is 16.6 Å². The maximum Gasteiger partial charge on any atom is 0.252 e. The normalized spacial score (nSPS) is 12.6. The van der Waals surface area contributed by atoms with Crippen molar-refractivity contribution in [3.63, 3.8) is 0 Å². The van der Waals surface area contributed by atoms with Crippen molar-refractivity contribution in [1.29, 1.82) is 0 Å². The molecule has 0 saturated heterocycles. The number of alkyl halides is 2. The molecule has 9 heteroatoms. The highest BCUT2D eigenvalue weighted by Gasteiger charge is 2.30. The molecule has 1 rings (SSSR count). The lowest BCUT2D eigenvalue weighted by Crippen LogP contribution is -2.32. The van der Waals surface area contributed by atoms with Gasteiger partial charge in [0.1, 0.15) is 4.90 Å². The molecule has 0 unspecified atom stereocenters. The van der Waals surface area contributed by atoms with Crippen LogP contribution in [0.3, 0.4) is 0 Å². The van der Waals surface area contributed by atoms with Crippen LogP contribution in [0.5, 0.6) is 0 Å². The first-order chi connectivity index (χ1) is 9.21. The van der Waals surface area contributed by atoms with Crippen molar-refractivity contribution in [1.82, 2.24) is 19.4 Å². The number of hydrogen-bond donors (Lipinski definition) is 1. The first kappa shape index (κ1) is 17.0. The Kier molecular flexibility index (Phi) is 5.60. The van der Waals surface area contributed by atoms with E-state index in [1.807, 2.05) is 0 Å². The van der Waals surface area contributed by atoms with Crippen LogP contribution < -0.4 is 5.32 Å². The highest BCUT2D eigenvalue weighted by Crippen LogP contribution is 2.23. The van der Waals surface area contributed by atoms with Gasteiger partial charge in [-0.2, -0.15) is 9.40 Å². The number of nitrogens with zero attached hydrogens (tertiary/aromatic N) is 3. The Bertz CT molecular complexity index is 557. The Balaban J connectivity index is 3.15. The molecule has 0 fully saturated rings. The quantitative estimate of drug-likeness (QED) is 0.801. The van der Waals surface area contributed by atoms with Gasteiger partial charge in [0, 0.05) is 13.6 Å². The fourth-order valence-corrected chi connectivity index (χ4v) is 3.45. The zero-order chi connectivity index (χ0) is 15.5. The van der Waals surface area contributed by atoms with Crippen molar-refractivity contribution in [3.8, 4) is 0 Å². The zero-order valence-corrected chi connectivity index (χ0v) is 12.8. The molecule has 1 N–H and O–H groups in total. The molecule has 0 saturated carbocycles. The summed E-state index contributed by atoms with van der Waals surface area (Å²) in [6.45, 7) is 3.50. The van der Waals surface area contributed by atoms with Crippen LogP contribution in [-0.4, -0.2) is 56.1 Å². The summed E-state index contributed by atoms with van der Waals surface area (Å²) in [7, 11) is -1.03. The van der Waals surface area contributed by atoms with Crippen LogP contribution in [0.25, 0.3) is 0 Å². The second-order valence-electron chi connectivity index (χ2n) is 4.50. The molecule has 0 bridgehead atoms. The fourth-order valence-electron chi connectivity index (χ4n) is 1.94. The molecule has 0 aliphatic heterocycles. The van der Waals surface area contributed by atoms with Crippen LogP contribution in [0.4, 0.5) is 8.78 Å². The zero-order valence-electron chi connectivity index (χ0n) is 12.0. The lowest BCUT2D eigenvalue weighted by Gasteiger charge is -2.16.